The third-order valence-electron chi connectivity index (χ3n) is 2.67. The van der Waals surface area contributed by atoms with Crippen LogP contribution in [0.1, 0.15) is 11.1 Å². The van der Waals surface area contributed by atoms with Crippen molar-refractivity contribution in [3.8, 4) is 5.75 Å². The van der Waals surface area contributed by atoms with Crippen LogP contribution in [-0.2, 0) is 13.1 Å². The van der Waals surface area contributed by atoms with Gasteiger partial charge in [-0.05, 0) is 23.8 Å². The smallest absolute Gasteiger partial charge is 0.121 e. The first kappa shape index (κ1) is 13.4. The van der Waals surface area contributed by atoms with Crippen molar-refractivity contribution in [2.75, 3.05) is 0 Å². The van der Waals surface area contributed by atoms with Crippen molar-refractivity contribution in [3.05, 3.63) is 63.1 Å². The highest BCUT2D eigenvalue weighted by atomic mass is 79.9. The summed E-state index contributed by atoms with van der Waals surface area (Å²) in [5, 5.41) is 13.6. The molecule has 2 nitrogen and oxygen atoms in total. The lowest BCUT2D eigenvalue weighted by Gasteiger charge is -2.09. The van der Waals surface area contributed by atoms with E-state index in [1.807, 2.05) is 24.3 Å². The van der Waals surface area contributed by atoms with Crippen LogP contribution >= 0.6 is 27.5 Å². The van der Waals surface area contributed by atoms with Gasteiger partial charge in [-0.2, -0.15) is 0 Å². The molecule has 0 aliphatic heterocycles. The summed E-state index contributed by atoms with van der Waals surface area (Å²) >= 11 is 9.53. The minimum absolute atomic E-state index is 0.224. The SMILES string of the molecule is Oc1cccc(Cl)c1CNCc1ccccc1Br. The summed E-state index contributed by atoms with van der Waals surface area (Å²) in [6.45, 7) is 1.25. The van der Waals surface area contributed by atoms with E-state index in [-0.39, 0.29) is 5.75 Å². The molecular weight excluding hydrogens is 314 g/mol. The number of phenols is 1. The minimum Gasteiger partial charge on any atom is -0.508 e. The molecule has 0 aliphatic rings. The third-order valence-corrected chi connectivity index (χ3v) is 3.80. The highest BCUT2D eigenvalue weighted by Crippen LogP contribution is 2.25. The van der Waals surface area contributed by atoms with E-state index in [0.29, 0.717) is 18.1 Å². The number of phenolic OH excluding ortho intramolecular Hbond substituents is 1. The Bertz CT molecular complexity index is 525. The quantitative estimate of drug-likeness (QED) is 0.886. The predicted octanol–water partition coefficient (Wildman–Crippen LogP) is 4.10. The highest BCUT2D eigenvalue weighted by molar-refractivity contribution is 9.10. The third kappa shape index (κ3) is 3.25. The van der Waals surface area contributed by atoms with Crippen molar-refractivity contribution in [1.29, 1.82) is 0 Å². The zero-order valence-electron chi connectivity index (χ0n) is 9.66. The fraction of sp³-hybridized carbons (Fsp3) is 0.143. The fourth-order valence-corrected chi connectivity index (χ4v) is 2.35. The molecule has 0 spiro atoms. The largest absolute Gasteiger partial charge is 0.508 e. The van der Waals surface area contributed by atoms with Gasteiger partial charge >= 0.3 is 0 Å². The molecule has 0 saturated carbocycles. The summed E-state index contributed by atoms with van der Waals surface area (Å²) in [6, 6.07) is 13.2. The van der Waals surface area contributed by atoms with E-state index < -0.39 is 0 Å². The van der Waals surface area contributed by atoms with Crippen molar-refractivity contribution >= 4 is 27.5 Å². The maximum Gasteiger partial charge on any atom is 0.121 e. The Morgan fingerprint density at radius 2 is 1.83 bits per heavy atom. The Kier molecular flexibility index (Phi) is 4.64. The first-order valence-corrected chi connectivity index (χ1v) is 6.76. The van der Waals surface area contributed by atoms with Crippen molar-refractivity contribution in [1.82, 2.24) is 5.32 Å². The summed E-state index contributed by atoms with van der Waals surface area (Å²) in [6.07, 6.45) is 0. The molecule has 4 heteroatoms. The molecule has 0 aromatic heterocycles. The van der Waals surface area contributed by atoms with Crippen LogP contribution in [0.15, 0.2) is 46.9 Å². The molecule has 2 aromatic carbocycles. The molecule has 0 amide bonds. The number of hydrogen-bond acceptors (Lipinski definition) is 2. The van der Waals surface area contributed by atoms with Gasteiger partial charge in [0.15, 0.2) is 0 Å². The number of benzene rings is 2. The van der Waals surface area contributed by atoms with Crippen LogP contribution in [0.25, 0.3) is 0 Å². The molecule has 2 N–H and O–H groups in total. The molecule has 0 unspecified atom stereocenters. The van der Waals surface area contributed by atoms with Crippen molar-refractivity contribution in [2.24, 2.45) is 0 Å². The van der Waals surface area contributed by atoms with Crippen LogP contribution < -0.4 is 5.32 Å². The van der Waals surface area contributed by atoms with Gasteiger partial charge in [0.05, 0.1) is 0 Å². The van der Waals surface area contributed by atoms with Crippen LogP contribution in [0.3, 0.4) is 0 Å². The van der Waals surface area contributed by atoms with E-state index in [0.717, 1.165) is 10.0 Å². The lowest BCUT2D eigenvalue weighted by atomic mass is 10.2. The Balaban J connectivity index is 1.99. The molecule has 0 bridgehead atoms. The second-order valence-electron chi connectivity index (χ2n) is 3.93. The van der Waals surface area contributed by atoms with Crippen LogP contribution in [-0.4, -0.2) is 5.11 Å². The van der Waals surface area contributed by atoms with Crippen LogP contribution in [0.4, 0.5) is 0 Å². The molecule has 18 heavy (non-hydrogen) atoms. The monoisotopic (exact) mass is 325 g/mol. The van der Waals surface area contributed by atoms with Crippen molar-refractivity contribution in [3.63, 3.8) is 0 Å². The van der Waals surface area contributed by atoms with Crippen LogP contribution in [0.5, 0.6) is 5.75 Å². The van der Waals surface area contributed by atoms with E-state index in [1.54, 1.807) is 18.2 Å². The normalized spacial score (nSPS) is 10.6. The molecule has 2 rings (SSSR count). The Morgan fingerprint density at radius 1 is 1.06 bits per heavy atom. The molecule has 0 atom stereocenters. The van der Waals surface area contributed by atoms with Gasteiger partial charge in [0, 0.05) is 28.1 Å². The van der Waals surface area contributed by atoms with Gasteiger partial charge in [-0.15, -0.1) is 0 Å². The number of nitrogens with one attached hydrogen (secondary N) is 1. The van der Waals surface area contributed by atoms with Gasteiger partial charge in [0.1, 0.15) is 5.75 Å². The number of aromatic hydroxyl groups is 1. The summed E-state index contributed by atoms with van der Waals surface area (Å²) in [4.78, 5) is 0. The van der Waals surface area contributed by atoms with E-state index in [9.17, 15) is 5.11 Å². The van der Waals surface area contributed by atoms with Gasteiger partial charge in [-0.25, -0.2) is 0 Å². The van der Waals surface area contributed by atoms with Crippen molar-refractivity contribution < 1.29 is 5.11 Å². The zero-order chi connectivity index (χ0) is 13.0. The lowest BCUT2D eigenvalue weighted by Crippen LogP contribution is -2.13. The second kappa shape index (κ2) is 6.23. The average molecular weight is 327 g/mol. The number of rotatable bonds is 4. The van der Waals surface area contributed by atoms with Crippen molar-refractivity contribution in [2.45, 2.75) is 13.1 Å². The maximum absolute atomic E-state index is 9.71. The average Bonchev–Trinajstić information content (AvgIpc) is 2.35. The van der Waals surface area contributed by atoms with E-state index in [1.165, 1.54) is 5.56 Å². The van der Waals surface area contributed by atoms with E-state index >= 15 is 0 Å². The molecule has 0 heterocycles. The molecule has 0 saturated heterocycles. The summed E-state index contributed by atoms with van der Waals surface area (Å²) in [7, 11) is 0. The summed E-state index contributed by atoms with van der Waals surface area (Å²) in [5.74, 6) is 0.224. The fourth-order valence-electron chi connectivity index (χ4n) is 1.69. The van der Waals surface area contributed by atoms with Gasteiger partial charge in [0.2, 0.25) is 0 Å². The van der Waals surface area contributed by atoms with Gasteiger partial charge in [-0.3, -0.25) is 0 Å². The zero-order valence-corrected chi connectivity index (χ0v) is 12.0. The Labute approximate surface area is 120 Å². The maximum atomic E-state index is 9.71. The Hall–Kier alpha value is -1.03. The highest BCUT2D eigenvalue weighted by Gasteiger charge is 2.05. The topological polar surface area (TPSA) is 32.3 Å². The predicted molar refractivity (Wildman–Crippen MR) is 77.8 cm³/mol. The number of halogens is 2. The molecule has 0 aliphatic carbocycles. The standard InChI is InChI=1S/C14H13BrClNO/c15-12-5-2-1-4-10(12)8-17-9-11-13(16)6-3-7-14(11)18/h1-7,17-18H,8-9H2. The first-order valence-electron chi connectivity index (χ1n) is 5.59. The molecule has 2 aromatic rings. The lowest BCUT2D eigenvalue weighted by molar-refractivity contribution is 0.464. The first-order chi connectivity index (χ1) is 8.68. The van der Waals surface area contributed by atoms with Gasteiger partial charge < -0.3 is 10.4 Å². The van der Waals surface area contributed by atoms with E-state index in [2.05, 4.69) is 21.2 Å². The van der Waals surface area contributed by atoms with Gasteiger partial charge in [0.25, 0.3) is 0 Å². The summed E-state index contributed by atoms with van der Waals surface area (Å²) in [5.41, 5.74) is 1.90. The number of hydrogen-bond donors (Lipinski definition) is 2. The summed E-state index contributed by atoms with van der Waals surface area (Å²) < 4.78 is 1.07. The van der Waals surface area contributed by atoms with Gasteiger partial charge in [-0.1, -0.05) is 51.8 Å². The van der Waals surface area contributed by atoms with Crippen LogP contribution in [0, 0.1) is 0 Å². The molecule has 0 radical (unpaired) electrons. The molecular formula is C14H13BrClNO. The second-order valence-corrected chi connectivity index (χ2v) is 5.19. The van der Waals surface area contributed by atoms with Crippen LogP contribution in [0.2, 0.25) is 5.02 Å². The molecule has 0 fully saturated rings. The van der Waals surface area contributed by atoms with E-state index in [4.69, 9.17) is 11.6 Å². The minimum atomic E-state index is 0.224. The molecule has 94 valence electrons. The Morgan fingerprint density at radius 3 is 2.56 bits per heavy atom.